The number of carbonyl (C=O) groups excluding carboxylic acids is 2. The van der Waals surface area contributed by atoms with Crippen molar-refractivity contribution < 1.29 is 14.3 Å². The van der Waals surface area contributed by atoms with E-state index in [1.54, 1.807) is 4.90 Å². The molecule has 2 aromatic carbocycles. The minimum absolute atomic E-state index is 0.0150. The molecule has 1 saturated heterocycles. The number of para-hydroxylation sites is 1. The van der Waals surface area contributed by atoms with Crippen LogP contribution in [0.4, 0.5) is 11.4 Å². The van der Waals surface area contributed by atoms with Crippen LogP contribution in [0, 0.1) is 6.92 Å². The molecule has 2 amide bonds. The van der Waals surface area contributed by atoms with Gasteiger partial charge in [-0.05, 0) is 36.8 Å². The van der Waals surface area contributed by atoms with Crippen molar-refractivity contribution in [1.29, 1.82) is 0 Å². The largest absolute Gasteiger partial charge is 0.482 e. The molecule has 0 saturated carbocycles. The van der Waals surface area contributed by atoms with Crippen LogP contribution in [-0.4, -0.2) is 56.0 Å². The molecule has 1 fully saturated rings. The van der Waals surface area contributed by atoms with E-state index in [2.05, 4.69) is 4.90 Å². The van der Waals surface area contributed by atoms with E-state index in [0.29, 0.717) is 31.8 Å². The molecule has 0 atom stereocenters. The zero-order chi connectivity index (χ0) is 20.4. The Morgan fingerprint density at radius 2 is 1.83 bits per heavy atom. The van der Waals surface area contributed by atoms with Gasteiger partial charge in [0, 0.05) is 39.1 Å². The highest BCUT2D eigenvalue weighted by atomic mass is 35.5. The van der Waals surface area contributed by atoms with Gasteiger partial charge in [-0.2, -0.15) is 0 Å². The second-order valence-corrected chi connectivity index (χ2v) is 7.78. The highest BCUT2D eigenvalue weighted by molar-refractivity contribution is 6.33. The average Bonchev–Trinajstić information content (AvgIpc) is 2.73. The molecule has 29 heavy (non-hydrogen) atoms. The topological polar surface area (TPSA) is 53.1 Å². The number of nitrogens with zero attached hydrogens (tertiary/aromatic N) is 3. The molecule has 0 radical (unpaired) electrons. The van der Waals surface area contributed by atoms with E-state index in [1.807, 2.05) is 54.3 Å². The van der Waals surface area contributed by atoms with Crippen molar-refractivity contribution in [2.24, 2.45) is 0 Å². The summed E-state index contributed by atoms with van der Waals surface area (Å²) in [6, 6.07) is 13.5. The van der Waals surface area contributed by atoms with Crippen LogP contribution in [-0.2, 0) is 9.59 Å². The number of carbonyl (C=O) groups is 2. The van der Waals surface area contributed by atoms with Gasteiger partial charge in [0.05, 0.1) is 16.4 Å². The standard InChI is InChI=1S/C22H24ClN3O3/c1-16-6-7-19-20(14-16)29-15-22(28)26(19)9-8-21(27)25-12-10-24(11-13-25)18-5-3-2-4-17(18)23/h2-7,14H,8-13,15H2,1H3. The first-order valence-electron chi connectivity index (χ1n) is 9.84. The van der Waals surface area contributed by atoms with Crippen LogP contribution in [0.25, 0.3) is 0 Å². The van der Waals surface area contributed by atoms with Gasteiger partial charge in [-0.25, -0.2) is 0 Å². The summed E-state index contributed by atoms with van der Waals surface area (Å²) < 4.78 is 5.53. The number of aryl methyl sites for hydroxylation is 1. The lowest BCUT2D eigenvalue weighted by Crippen LogP contribution is -2.49. The van der Waals surface area contributed by atoms with E-state index < -0.39 is 0 Å². The quantitative estimate of drug-likeness (QED) is 0.772. The van der Waals surface area contributed by atoms with Crippen LogP contribution in [0.5, 0.6) is 5.75 Å². The summed E-state index contributed by atoms with van der Waals surface area (Å²) in [4.78, 5) is 30.8. The third-order valence-electron chi connectivity index (χ3n) is 5.43. The van der Waals surface area contributed by atoms with Crippen LogP contribution < -0.4 is 14.5 Å². The van der Waals surface area contributed by atoms with E-state index in [0.717, 1.165) is 35.1 Å². The van der Waals surface area contributed by atoms with Gasteiger partial charge >= 0.3 is 0 Å². The number of hydrogen-bond acceptors (Lipinski definition) is 4. The van der Waals surface area contributed by atoms with Gasteiger partial charge in [-0.15, -0.1) is 0 Å². The van der Waals surface area contributed by atoms with Crippen molar-refractivity contribution in [3.63, 3.8) is 0 Å². The summed E-state index contributed by atoms with van der Waals surface area (Å²) in [6.07, 6.45) is 0.297. The zero-order valence-corrected chi connectivity index (χ0v) is 17.2. The number of fused-ring (bicyclic) bond motifs is 1. The van der Waals surface area contributed by atoms with Crippen molar-refractivity contribution in [3.8, 4) is 5.75 Å². The van der Waals surface area contributed by atoms with E-state index in [4.69, 9.17) is 16.3 Å². The number of piperazine rings is 1. The number of ether oxygens (including phenoxy) is 1. The lowest BCUT2D eigenvalue weighted by molar-refractivity contribution is -0.131. The van der Waals surface area contributed by atoms with E-state index in [9.17, 15) is 9.59 Å². The number of hydrogen-bond donors (Lipinski definition) is 0. The zero-order valence-electron chi connectivity index (χ0n) is 16.4. The fraction of sp³-hybridized carbons (Fsp3) is 0.364. The second-order valence-electron chi connectivity index (χ2n) is 7.37. The SMILES string of the molecule is Cc1ccc2c(c1)OCC(=O)N2CCC(=O)N1CCN(c2ccccc2Cl)CC1. The van der Waals surface area contributed by atoms with Gasteiger partial charge in [0.2, 0.25) is 5.91 Å². The van der Waals surface area contributed by atoms with Crippen LogP contribution in [0.2, 0.25) is 5.02 Å². The molecular formula is C22H24ClN3O3. The van der Waals surface area contributed by atoms with Crippen LogP contribution in [0.3, 0.4) is 0 Å². The summed E-state index contributed by atoms with van der Waals surface area (Å²) in [5, 5.41) is 0.729. The van der Waals surface area contributed by atoms with Crippen molar-refractivity contribution in [2.45, 2.75) is 13.3 Å². The van der Waals surface area contributed by atoms with Crippen molar-refractivity contribution >= 4 is 34.8 Å². The number of amides is 2. The molecule has 2 aromatic rings. The first-order chi connectivity index (χ1) is 14.0. The molecule has 0 bridgehead atoms. The number of halogens is 1. The Bertz CT molecular complexity index is 925. The second kappa shape index (κ2) is 8.33. The van der Waals surface area contributed by atoms with Gasteiger partial charge in [-0.3, -0.25) is 9.59 Å². The molecule has 2 aliphatic heterocycles. The number of benzene rings is 2. The Balaban J connectivity index is 1.34. The maximum atomic E-state index is 12.7. The highest BCUT2D eigenvalue weighted by Gasteiger charge is 2.27. The third kappa shape index (κ3) is 4.17. The first kappa shape index (κ1) is 19.6. The van der Waals surface area contributed by atoms with Crippen molar-refractivity contribution in [2.75, 3.05) is 49.1 Å². The number of rotatable bonds is 4. The molecule has 152 valence electrons. The molecule has 0 aliphatic carbocycles. The van der Waals surface area contributed by atoms with Gasteiger partial charge in [0.1, 0.15) is 5.75 Å². The fourth-order valence-corrected chi connectivity index (χ4v) is 4.08. The molecule has 0 unspecified atom stereocenters. The van der Waals surface area contributed by atoms with Crippen molar-refractivity contribution in [1.82, 2.24) is 4.90 Å². The molecule has 2 heterocycles. The summed E-state index contributed by atoms with van der Waals surface area (Å²) in [6.45, 7) is 5.15. The molecule has 7 heteroatoms. The Labute approximate surface area is 175 Å². The van der Waals surface area contributed by atoms with E-state index in [1.165, 1.54) is 0 Å². The minimum atomic E-state index is -0.113. The average molecular weight is 414 g/mol. The summed E-state index contributed by atoms with van der Waals surface area (Å²) >= 11 is 6.29. The van der Waals surface area contributed by atoms with E-state index in [-0.39, 0.29) is 18.4 Å². The molecule has 2 aliphatic rings. The Morgan fingerprint density at radius 1 is 1.07 bits per heavy atom. The smallest absolute Gasteiger partial charge is 0.265 e. The first-order valence-corrected chi connectivity index (χ1v) is 10.2. The Hall–Kier alpha value is -2.73. The highest BCUT2D eigenvalue weighted by Crippen LogP contribution is 2.33. The monoisotopic (exact) mass is 413 g/mol. The van der Waals surface area contributed by atoms with Gasteiger partial charge in [-0.1, -0.05) is 29.8 Å². The normalized spacial score (nSPS) is 16.5. The molecule has 0 aromatic heterocycles. The van der Waals surface area contributed by atoms with Crippen LogP contribution in [0.1, 0.15) is 12.0 Å². The molecule has 4 rings (SSSR count). The summed E-state index contributed by atoms with van der Waals surface area (Å²) in [5.74, 6) is 0.653. The van der Waals surface area contributed by atoms with Crippen LogP contribution >= 0.6 is 11.6 Å². The fourth-order valence-electron chi connectivity index (χ4n) is 3.83. The molecular weight excluding hydrogens is 390 g/mol. The third-order valence-corrected chi connectivity index (χ3v) is 5.75. The van der Waals surface area contributed by atoms with Gasteiger partial charge < -0.3 is 19.4 Å². The van der Waals surface area contributed by atoms with Crippen LogP contribution in [0.15, 0.2) is 42.5 Å². The van der Waals surface area contributed by atoms with Gasteiger partial charge in [0.25, 0.3) is 5.91 Å². The Kier molecular flexibility index (Phi) is 5.62. The summed E-state index contributed by atoms with van der Waals surface area (Å²) in [7, 11) is 0. The predicted molar refractivity (Wildman–Crippen MR) is 114 cm³/mol. The lowest BCUT2D eigenvalue weighted by Gasteiger charge is -2.37. The minimum Gasteiger partial charge on any atom is -0.482 e. The maximum absolute atomic E-state index is 12.7. The number of anilines is 2. The molecule has 6 nitrogen and oxygen atoms in total. The maximum Gasteiger partial charge on any atom is 0.265 e. The van der Waals surface area contributed by atoms with Crippen molar-refractivity contribution in [3.05, 3.63) is 53.1 Å². The molecule has 0 N–H and O–H groups in total. The Morgan fingerprint density at radius 3 is 2.59 bits per heavy atom. The lowest BCUT2D eigenvalue weighted by atomic mass is 10.1. The van der Waals surface area contributed by atoms with E-state index >= 15 is 0 Å². The predicted octanol–water partition coefficient (Wildman–Crippen LogP) is 3.11. The molecule has 0 spiro atoms. The van der Waals surface area contributed by atoms with Gasteiger partial charge in [0.15, 0.2) is 6.61 Å². The summed E-state index contributed by atoms with van der Waals surface area (Å²) in [5.41, 5.74) is 2.82.